The van der Waals surface area contributed by atoms with Gasteiger partial charge in [-0.1, -0.05) is 12.1 Å². The van der Waals surface area contributed by atoms with Crippen LogP contribution in [0.15, 0.2) is 24.3 Å². The molecule has 6 N–H and O–H groups in total. The largest absolute Gasteiger partial charge is 0.508 e. The third kappa shape index (κ3) is 3.23. The highest BCUT2D eigenvalue weighted by molar-refractivity contribution is 5.27. The summed E-state index contributed by atoms with van der Waals surface area (Å²) in [5.41, 5.74) is 6.80. The summed E-state index contributed by atoms with van der Waals surface area (Å²) in [5, 5.41) is 38.0. The Labute approximate surface area is 111 Å². The van der Waals surface area contributed by atoms with Crippen LogP contribution in [0.4, 0.5) is 0 Å². The molecule has 0 bridgehead atoms. The number of aromatic hydroxyl groups is 1. The predicted octanol–water partition coefficient (Wildman–Crippen LogP) is -0.736. The Hall–Kier alpha value is -1.18. The van der Waals surface area contributed by atoms with Crippen LogP contribution in [0.5, 0.6) is 5.75 Å². The molecule has 5 atom stereocenters. The van der Waals surface area contributed by atoms with Gasteiger partial charge in [-0.3, -0.25) is 0 Å². The lowest BCUT2D eigenvalue weighted by Gasteiger charge is -2.36. The number of hydrogen-bond donors (Lipinski definition) is 5. The smallest absolute Gasteiger partial charge is 0.115 e. The highest BCUT2D eigenvalue weighted by Gasteiger charge is 2.38. The van der Waals surface area contributed by atoms with Crippen LogP contribution < -0.4 is 5.73 Å². The summed E-state index contributed by atoms with van der Waals surface area (Å²) >= 11 is 0. The second-order valence-electron chi connectivity index (χ2n) is 4.85. The monoisotopic (exact) mass is 269 g/mol. The SMILES string of the molecule is NC(C[C@H]1OC[C@@H](O)[C@@H](O)[C@@H]1O)c1ccc(O)cc1. The van der Waals surface area contributed by atoms with Crippen LogP contribution in [0.1, 0.15) is 18.0 Å². The molecule has 1 aliphatic rings. The van der Waals surface area contributed by atoms with E-state index in [1.807, 2.05) is 0 Å². The molecule has 0 radical (unpaired) electrons. The molecule has 106 valence electrons. The third-order valence-corrected chi connectivity index (χ3v) is 3.41. The van der Waals surface area contributed by atoms with Crippen molar-refractivity contribution < 1.29 is 25.2 Å². The maximum atomic E-state index is 9.82. The molecule has 6 heteroatoms. The molecule has 0 aromatic heterocycles. The van der Waals surface area contributed by atoms with Crippen molar-refractivity contribution in [1.29, 1.82) is 0 Å². The molecule has 19 heavy (non-hydrogen) atoms. The van der Waals surface area contributed by atoms with Crippen LogP contribution >= 0.6 is 0 Å². The van der Waals surface area contributed by atoms with E-state index in [0.717, 1.165) is 5.56 Å². The fraction of sp³-hybridized carbons (Fsp3) is 0.538. The summed E-state index contributed by atoms with van der Waals surface area (Å²) in [6, 6.07) is 6.07. The van der Waals surface area contributed by atoms with Crippen molar-refractivity contribution in [3.63, 3.8) is 0 Å². The Morgan fingerprint density at radius 2 is 1.79 bits per heavy atom. The van der Waals surface area contributed by atoms with Crippen LogP contribution in [-0.2, 0) is 4.74 Å². The number of phenolic OH excluding ortho intramolecular Hbond substituents is 1. The van der Waals surface area contributed by atoms with E-state index in [0.29, 0.717) is 6.42 Å². The molecule has 1 aromatic rings. The van der Waals surface area contributed by atoms with E-state index in [1.165, 1.54) is 12.1 Å². The fourth-order valence-corrected chi connectivity index (χ4v) is 2.18. The van der Waals surface area contributed by atoms with Gasteiger partial charge in [0.2, 0.25) is 0 Å². The number of aliphatic hydroxyl groups is 3. The van der Waals surface area contributed by atoms with Gasteiger partial charge in [-0.15, -0.1) is 0 Å². The Bertz CT molecular complexity index is 410. The van der Waals surface area contributed by atoms with Crippen molar-refractivity contribution >= 4 is 0 Å². The summed E-state index contributed by atoms with van der Waals surface area (Å²) in [4.78, 5) is 0. The zero-order chi connectivity index (χ0) is 14.0. The van der Waals surface area contributed by atoms with Gasteiger partial charge in [-0.2, -0.15) is 0 Å². The van der Waals surface area contributed by atoms with Gasteiger partial charge in [-0.05, 0) is 24.1 Å². The lowest BCUT2D eigenvalue weighted by atomic mass is 9.93. The van der Waals surface area contributed by atoms with Crippen molar-refractivity contribution in [1.82, 2.24) is 0 Å². The zero-order valence-electron chi connectivity index (χ0n) is 10.4. The first-order chi connectivity index (χ1) is 8.99. The van der Waals surface area contributed by atoms with E-state index in [2.05, 4.69) is 0 Å². The molecule has 1 unspecified atom stereocenters. The summed E-state index contributed by atoms with van der Waals surface area (Å²) in [6.45, 7) is -0.0226. The van der Waals surface area contributed by atoms with Gasteiger partial charge in [0, 0.05) is 6.04 Å². The lowest BCUT2D eigenvalue weighted by Crippen LogP contribution is -2.53. The van der Waals surface area contributed by atoms with E-state index in [9.17, 15) is 20.4 Å². The number of ether oxygens (including phenoxy) is 1. The van der Waals surface area contributed by atoms with Crippen molar-refractivity contribution in [2.24, 2.45) is 5.73 Å². The number of nitrogens with two attached hydrogens (primary N) is 1. The number of benzene rings is 1. The highest BCUT2D eigenvalue weighted by atomic mass is 16.5. The molecule has 0 amide bonds. The first-order valence-electron chi connectivity index (χ1n) is 6.19. The van der Waals surface area contributed by atoms with Gasteiger partial charge in [0.15, 0.2) is 0 Å². The standard InChI is InChI=1S/C13H19NO5/c14-9(7-1-3-8(15)4-2-7)5-11-13(18)12(17)10(16)6-19-11/h1-4,9-13,15-18H,5-6,14H2/t9?,10-,11-,12-,13-/m1/s1. The van der Waals surface area contributed by atoms with Gasteiger partial charge >= 0.3 is 0 Å². The molecule has 0 aliphatic carbocycles. The number of aliphatic hydroxyl groups excluding tert-OH is 3. The van der Waals surface area contributed by atoms with Gasteiger partial charge in [0.05, 0.1) is 12.7 Å². The van der Waals surface area contributed by atoms with E-state index < -0.39 is 24.4 Å². The third-order valence-electron chi connectivity index (χ3n) is 3.41. The molecule has 6 nitrogen and oxygen atoms in total. The molecule has 1 fully saturated rings. The first-order valence-corrected chi connectivity index (χ1v) is 6.19. The molecule has 0 spiro atoms. The summed E-state index contributed by atoms with van der Waals surface area (Å²) < 4.78 is 5.30. The van der Waals surface area contributed by atoms with E-state index in [1.54, 1.807) is 12.1 Å². The molecule has 0 saturated carbocycles. The Kier molecular flexibility index (Phi) is 4.38. The van der Waals surface area contributed by atoms with Crippen molar-refractivity contribution in [2.75, 3.05) is 6.61 Å². The van der Waals surface area contributed by atoms with Crippen molar-refractivity contribution in [2.45, 2.75) is 36.9 Å². The quantitative estimate of drug-likeness (QED) is 0.494. The number of phenols is 1. The van der Waals surface area contributed by atoms with Crippen LogP contribution in [0.25, 0.3) is 0 Å². The normalized spacial score (nSPS) is 33.1. The van der Waals surface area contributed by atoms with E-state index in [-0.39, 0.29) is 18.4 Å². The first kappa shape index (κ1) is 14.2. The fourth-order valence-electron chi connectivity index (χ4n) is 2.18. The second-order valence-corrected chi connectivity index (χ2v) is 4.85. The zero-order valence-corrected chi connectivity index (χ0v) is 10.4. The minimum atomic E-state index is -1.22. The second kappa shape index (κ2) is 5.85. The predicted molar refractivity (Wildman–Crippen MR) is 67.4 cm³/mol. The molecule has 1 saturated heterocycles. The average Bonchev–Trinajstić information content (AvgIpc) is 2.40. The molecule has 1 aliphatic heterocycles. The van der Waals surface area contributed by atoms with Gasteiger partial charge in [-0.25, -0.2) is 0 Å². The van der Waals surface area contributed by atoms with Gasteiger partial charge in [0.1, 0.15) is 24.1 Å². The van der Waals surface area contributed by atoms with E-state index in [4.69, 9.17) is 10.5 Å². The number of hydrogen-bond acceptors (Lipinski definition) is 6. The van der Waals surface area contributed by atoms with Crippen LogP contribution in [-0.4, -0.2) is 51.4 Å². The molecule has 2 rings (SSSR count). The van der Waals surface area contributed by atoms with Crippen molar-refractivity contribution in [3.05, 3.63) is 29.8 Å². The maximum absolute atomic E-state index is 9.82. The van der Waals surface area contributed by atoms with E-state index >= 15 is 0 Å². The Balaban J connectivity index is 1.98. The topological polar surface area (TPSA) is 116 Å². The lowest BCUT2D eigenvalue weighted by molar-refractivity contribution is -0.189. The summed E-state index contributed by atoms with van der Waals surface area (Å²) in [5.74, 6) is 0.156. The highest BCUT2D eigenvalue weighted by Crippen LogP contribution is 2.25. The average molecular weight is 269 g/mol. The van der Waals surface area contributed by atoms with Gasteiger partial charge in [0.25, 0.3) is 0 Å². The van der Waals surface area contributed by atoms with Gasteiger partial charge < -0.3 is 30.9 Å². The van der Waals surface area contributed by atoms with Crippen LogP contribution in [0.3, 0.4) is 0 Å². The van der Waals surface area contributed by atoms with Crippen LogP contribution in [0, 0.1) is 0 Å². The van der Waals surface area contributed by atoms with Crippen molar-refractivity contribution in [3.8, 4) is 5.75 Å². The Morgan fingerprint density at radius 3 is 2.42 bits per heavy atom. The summed E-state index contributed by atoms with van der Waals surface area (Å²) in [6.07, 6.45) is -3.76. The summed E-state index contributed by atoms with van der Waals surface area (Å²) in [7, 11) is 0. The van der Waals surface area contributed by atoms with Crippen LogP contribution in [0.2, 0.25) is 0 Å². The minimum absolute atomic E-state index is 0.0226. The molecule has 1 aromatic carbocycles. The molecular weight excluding hydrogens is 250 g/mol. The minimum Gasteiger partial charge on any atom is -0.508 e. The maximum Gasteiger partial charge on any atom is 0.115 e. The number of rotatable bonds is 3. The molecule has 1 heterocycles. The molecular formula is C13H19NO5. The Morgan fingerprint density at radius 1 is 1.16 bits per heavy atom.